The van der Waals surface area contributed by atoms with Gasteiger partial charge in [-0.2, -0.15) is 9.78 Å². The fourth-order valence-electron chi connectivity index (χ4n) is 2.89. The highest BCUT2D eigenvalue weighted by atomic mass is 35.5. The van der Waals surface area contributed by atoms with Crippen LogP contribution in [0.5, 0.6) is 5.75 Å². The van der Waals surface area contributed by atoms with E-state index >= 15 is 0 Å². The standard InChI is InChI=1S/C20H16Cl2N8O3/c1-2-32-13-8-6-11(7-9-13)17-16(25-29-30(17)19-18(23)27-33-28-19)20(31)26-24-10-12-4-3-5-14(21)15(12)22/h3-10H,2H2,1H3,(H2,23,27)(H,26,31)/b24-10-. The molecule has 4 aromatic rings. The molecule has 0 aliphatic rings. The minimum atomic E-state index is -0.630. The number of nitrogens with two attached hydrogens (primary N) is 1. The first-order valence-corrected chi connectivity index (χ1v) is 10.3. The van der Waals surface area contributed by atoms with Gasteiger partial charge >= 0.3 is 0 Å². The number of halogens is 2. The van der Waals surface area contributed by atoms with Crippen molar-refractivity contribution in [1.82, 2.24) is 30.7 Å². The first-order valence-electron chi connectivity index (χ1n) is 9.54. The number of benzene rings is 2. The van der Waals surface area contributed by atoms with Crippen LogP contribution in [0.4, 0.5) is 5.82 Å². The van der Waals surface area contributed by atoms with Crippen LogP contribution < -0.4 is 15.9 Å². The van der Waals surface area contributed by atoms with Crippen LogP contribution in [0, 0.1) is 0 Å². The van der Waals surface area contributed by atoms with Crippen LogP contribution in [-0.4, -0.2) is 44.0 Å². The Balaban J connectivity index is 1.68. The van der Waals surface area contributed by atoms with Crippen LogP contribution in [0.25, 0.3) is 17.1 Å². The molecule has 13 heteroatoms. The third-order valence-electron chi connectivity index (χ3n) is 4.37. The van der Waals surface area contributed by atoms with Crippen LogP contribution in [0.15, 0.2) is 52.2 Å². The van der Waals surface area contributed by atoms with Crippen LogP contribution >= 0.6 is 23.2 Å². The SMILES string of the molecule is CCOc1ccc(-c2c(C(=O)N/N=C\c3cccc(Cl)c3Cl)nnn2-c2nonc2N)cc1. The first-order chi connectivity index (χ1) is 16.0. The summed E-state index contributed by atoms with van der Waals surface area (Å²) in [6, 6.07) is 12.1. The first kappa shape index (κ1) is 22.2. The summed E-state index contributed by atoms with van der Waals surface area (Å²) < 4.78 is 11.4. The van der Waals surface area contributed by atoms with Crippen molar-refractivity contribution in [2.75, 3.05) is 12.3 Å². The fraction of sp³-hybridized carbons (Fsp3) is 0.100. The van der Waals surface area contributed by atoms with Gasteiger partial charge in [0, 0.05) is 11.1 Å². The molecule has 2 aromatic carbocycles. The maximum absolute atomic E-state index is 12.9. The molecule has 33 heavy (non-hydrogen) atoms. The highest BCUT2D eigenvalue weighted by molar-refractivity contribution is 6.43. The molecule has 2 heterocycles. The molecule has 4 rings (SSSR count). The van der Waals surface area contributed by atoms with Gasteiger partial charge in [0.1, 0.15) is 11.4 Å². The number of hydrogen-bond donors (Lipinski definition) is 2. The molecule has 168 valence electrons. The van der Waals surface area contributed by atoms with Gasteiger partial charge in [0.2, 0.25) is 11.6 Å². The van der Waals surface area contributed by atoms with E-state index in [1.54, 1.807) is 42.5 Å². The van der Waals surface area contributed by atoms with Crippen LogP contribution in [-0.2, 0) is 0 Å². The number of nitrogens with one attached hydrogen (secondary N) is 1. The molecule has 0 fully saturated rings. The fourth-order valence-corrected chi connectivity index (χ4v) is 3.25. The van der Waals surface area contributed by atoms with E-state index in [-0.39, 0.29) is 17.3 Å². The second-order valence-corrected chi connectivity index (χ2v) is 7.26. The largest absolute Gasteiger partial charge is 0.494 e. The Labute approximate surface area is 197 Å². The number of rotatable bonds is 7. The summed E-state index contributed by atoms with van der Waals surface area (Å²) in [5.41, 5.74) is 9.62. The average Bonchev–Trinajstić information content (AvgIpc) is 3.43. The molecule has 3 N–H and O–H groups in total. The lowest BCUT2D eigenvalue weighted by molar-refractivity contribution is 0.0950. The maximum atomic E-state index is 12.9. The van der Waals surface area contributed by atoms with E-state index in [1.807, 2.05) is 6.92 Å². The van der Waals surface area contributed by atoms with Crippen LogP contribution in [0.1, 0.15) is 23.0 Å². The van der Waals surface area contributed by atoms with Crippen molar-refractivity contribution in [2.24, 2.45) is 5.10 Å². The Kier molecular flexibility index (Phi) is 6.52. The van der Waals surface area contributed by atoms with E-state index in [4.69, 9.17) is 33.7 Å². The van der Waals surface area contributed by atoms with E-state index in [0.29, 0.717) is 39.2 Å². The summed E-state index contributed by atoms with van der Waals surface area (Å²) >= 11 is 12.1. The summed E-state index contributed by atoms with van der Waals surface area (Å²) in [7, 11) is 0. The van der Waals surface area contributed by atoms with Crippen molar-refractivity contribution in [3.8, 4) is 22.8 Å². The lowest BCUT2D eigenvalue weighted by atomic mass is 10.1. The lowest BCUT2D eigenvalue weighted by Gasteiger charge is -2.07. The number of hydrazone groups is 1. The van der Waals surface area contributed by atoms with Gasteiger partial charge in [-0.1, -0.05) is 40.5 Å². The van der Waals surface area contributed by atoms with Gasteiger partial charge in [-0.3, -0.25) is 4.79 Å². The molecule has 0 bridgehead atoms. The van der Waals surface area contributed by atoms with Gasteiger partial charge in [-0.15, -0.1) is 5.10 Å². The zero-order valence-corrected chi connectivity index (χ0v) is 18.6. The van der Waals surface area contributed by atoms with Gasteiger partial charge < -0.3 is 10.5 Å². The van der Waals surface area contributed by atoms with Crippen molar-refractivity contribution >= 4 is 41.1 Å². The zero-order chi connectivity index (χ0) is 23.4. The van der Waals surface area contributed by atoms with Crippen LogP contribution in [0.3, 0.4) is 0 Å². The quantitative estimate of drug-likeness (QED) is 0.298. The Morgan fingerprint density at radius 3 is 2.73 bits per heavy atom. The van der Waals surface area contributed by atoms with Crippen molar-refractivity contribution in [3.63, 3.8) is 0 Å². The lowest BCUT2D eigenvalue weighted by Crippen LogP contribution is -2.19. The Bertz CT molecular complexity index is 1320. The van der Waals surface area contributed by atoms with Gasteiger partial charge in [0.25, 0.3) is 5.91 Å². The molecule has 11 nitrogen and oxygen atoms in total. The molecule has 0 aliphatic carbocycles. The number of hydrogen-bond acceptors (Lipinski definition) is 9. The second kappa shape index (κ2) is 9.67. The van der Waals surface area contributed by atoms with E-state index in [2.05, 4.69) is 35.8 Å². The number of nitrogen functional groups attached to an aromatic ring is 1. The predicted octanol–water partition coefficient (Wildman–Crippen LogP) is 3.37. The highest BCUT2D eigenvalue weighted by Gasteiger charge is 2.25. The van der Waals surface area contributed by atoms with Crippen molar-refractivity contribution < 1.29 is 14.2 Å². The van der Waals surface area contributed by atoms with E-state index < -0.39 is 5.91 Å². The summed E-state index contributed by atoms with van der Waals surface area (Å²) in [5, 5.41) is 19.9. The molecule has 0 spiro atoms. The van der Waals surface area contributed by atoms with Crippen molar-refractivity contribution in [1.29, 1.82) is 0 Å². The number of carbonyl (C=O) groups excluding carboxylic acids is 1. The predicted molar refractivity (Wildman–Crippen MR) is 122 cm³/mol. The van der Waals surface area contributed by atoms with E-state index in [1.165, 1.54) is 10.9 Å². The smallest absolute Gasteiger partial charge is 0.294 e. The minimum Gasteiger partial charge on any atom is -0.494 e. The highest BCUT2D eigenvalue weighted by Crippen LogP contribution is 2.28. The second-order valence-electron chi connectivity index (χ2n) is 6.47. The average molecular weight is 487 g/mol. The van der Waals surface area contributed by atoms with Gasteiger partial charge in [0.05, 0.1) is 22.9 Å². The number of ether oxygens (including phenoxy) is 1. The number of carbonyl (C=O) groups is 1. The number of nitrogens with zero attached hydrogens (tertiary/aromatic N) is 6. The normalized spacial score (nSPS) is 11.1. The third-order valence-corrected chi connectivity index (χ3v) is 5.21. The molecule has 1 amide bonds. The molecule has 0 atom stereocenters. The minimum absolute atomic E-state index is 0.0207. The molecule has 2 aromatic heterocycles. The Hall–Kier alpha value is -3.96. The van der Waals surface area contributed by atoms with Crippen molar-refractivity contribution in [2.45, 2.75) is 6.92 Å². The monoisotopic (exact) mass is 486 g/mol. The zero-order valence-electron chi connectivity index (χ0n) is 17.1. The summed E-state index contributed by atoms with van der Waals surface area (Å²) in [6.45, 7) is 2.40. The van der Waals surface area contributed by atoms with Gasteiger partial charge in [0.15, 0.2) is 5.69 Å². The summed E-state index contributed by atoms with van der Waals surface area (Å²) in [5.74, 6) is 0.0961. The van der Waals surface area contributed by atoms with Gasteiger partial charge in [-0.05, 0) is 47.6 Å². The topological polar surface area (TPSA) is 146 Å². The van der Waals surface area contributed by atoms with Crippen LogP contribution in [0.2, 0.25) is 10.0 Å². The third kappa shape index (κ3) is 4.64. The number of amides is 1. The molecular weight excluding hydrogens is 471 g/mol. The molecule has 0 radical (unpaired) electrons. The van der Waals surface area contributed by atoms with E-state index in [9.17, 15) is 4.79 Å². The molecular formula is C20H16Cl2N8O3. The van der Waals surface area contributed by atoms with E-state index in [0.717, 1.165) is 0 Å². The Morgan fingerprint density at radius 1 is 1.24 bits per heavy atom. The van der Waals surface area contributed by atoms with Gasteiger partial charge in [-0.25, -0.2) is 10.1 Å². The molecule has 0 saturated carbocycles. The van der Waals surface area contributed by atoms with Crippen molar-refractivity contribution in [3.05, 3.63) is 63.8 Å². The molecule has 0 unspecified atom stereocenters. The Morgan fingerprint density at radius 2 is 2.03 bits per heavy atom. The number of aromatic nitrogens is 5. The molecule has 0 aliphatic heterocycles. The summed E-state index contributed by atoms with van der Waals surface area (Å²) in [6.07, 6.45) is 1.37. The molecule has 0 saturated heterocycles. The summed E-state index contributed by atoms with van der Waals surface area (Å²) in [4.78, 5) is 12.9. The maximum Gasteiger partial charge on any atom is 0.294 e. The number of anilines is 1.